The number of ether oxygens (including phenoxy) is 1. The van der Waals surface area contributed by atoms with E-state index in [0.717, 1.165) is 39.6 Å². The average molecular weight is 650 g/mol. The molecule has 3 aromatic rings. The van der Waals surface area contributed by atoms with Crippen LogP contribution in [0.3, 0.4) is 0 Å². The lowest BCUT2D eigenvalue weighted by molar-refractivity contribution is -0.388. The van der Waals surface area contributed by atoms with Crippen LogP contribution in [0.15, 0.2) is 53.0 Å². The van der Waals surface area contributed by atoms with Crippen molar-refractivity contribution < 1.29 is 27.6 Å². The predicted molar refractivity (Wildman–Crippen MR) is 157 cm³/mol. The van der Waals surface area contributed by atoms with Crippen LogP contribution in [0.2, 0.25) is 0 Å². The van der Waals surface area contributed by atoms with E-state index in [1.54, 1.807) is 11.9 Å². The van der Waals surface area contributed by atoms with E-state index in [4.69, 9.17) is 9.72 Å². The summed E-state index contributed by atoms with van der Waals surface area (Å²) in [5.74, 6) is 0.894. The summed E-state index contributed by atoms with van der Waals surface area (Å²) in [6.07, 6.45) is -2.21. The summed E-state index contributed by atoms with van der Waals surface area (Å²) in [5, 5.41) is 12.1. The first kappa shape index (κ1) is 30.2. The van der Waals surface area contributed by atoms with Crippen molar-refractivity contribution in [1.82, 2.24) is 9.88 Å². The first-order valence-electron chi connectivity index (χ1n) is 13.8. The fraction of sp³-hybridized carbons (Fsp3) is 0.448. The predicted octanol–water partition coefficient (Wildman–Crippen LogP) is 6.04. The molecule has 0 amide bonds. The van der Waals surface area contributed by atoms with Crippen LogP contribution in [0.4, 0.5) is 30.4 Å². The summed E-state index contributed by atoms with van der Waals surface area (Å²) in [4.78, 5) is 32.8. The van der Waals surface area contributed by atoms with Crippen LogP contribution in [0, 0.1) is 10.1 Å². The van der Waals surface area contributed by atoms with Gasteiger partial charge in [0, 0.05) is 60.9 Å². The van der Waals surface area contributed by atoms with Gasteiger partial charge in [0.2, 0.25) is 0 Å². The Morgan fingerprint density at radius 3 is 2.43 bits per heavy atom. The number of fused-ring (bicyclic) bond motifs is 1. The molecule has 1 saturated heterocycles. The molecule has 2 aromatic carbocycles. The number of nitro benzene ring substituents is 1. The van der Waals surface area contributed by atoms with Crippen LogP contribution in [0.1, 0.15) is 31.2 Å². The van der Waals surface area contributed by atoms with E-state index in [0.29, 0.717) is 51.9 Å². The van der Waals surface area contributed by atoms with Crippen molar-refractivity contribution in [2.45, 2.75) is 50.2 Å². The van der Waals surface area contributed by atoms with Gasteiger partial charge in [0.1, 0.15) is 11.4 Å². The van der Waals surface area contributed by atoms with Gasteiger partial charge in [0.25, 0.3) is 5.69 Å². The normalized spacial score (nSPS) is 20.8. The van der Waals surface area contributed by atoms with E-state index >= 15 is 0 Å². The first-order chi connectivity index (χ1) is 20.0. The Hall–Kier alpha value is -3.29. The lowest BCUT2D eigenvalue weighted by Crippen LogP contribution is -2.53. The zero-order chi connectivity index (χ0) is 30.0. The molecular formula is C29H31BrF3N5O4. The van der Waals surface area contributed by atoms with Crippen LogP contribution < -0.4 is 9.80 Å². The molecule has 5 rings (SSSR count). The highest BCUT2D eigenvalue weighted by Crippen LogP contribution is 2.39. The van der Waals surface area contributed by atoms with E-state index in [-0.39, 0.29) is 17.8 Å². The molecule has 42 heavy (non-hydrogen) atoms. The molecule has 2 aliphatic rings. The second-order valence-electron chi connectivity index (χ2n) is 10.7. The molecule has 9 nitrogen and oxygen atoms in total. The van der Waals surface area contributed by atoms with E-state index in [1.807, 2.05) is 29.2 Å². The van der Waals surface area contributed by atoms with Crippen LogP contribution in [-0.4, -0.2) is 72.7 Å². The first-order valence-corrected chi connectivity index (χ1v) is 14.6. The fourth-order valence-electron chi connectivity index (χ4n) is 5.78. The van der Waals surface area contributed by atoms with Crippen molar-refractivity contribution in [2.24, 2.45) is 0 Å². The van der Waals surface area contributed by atoms with Gasteiger partial charge in [-0.15, -0.1) is 0 Å². The number of hydrogen-bond donors (Lipinski definition) is 0. The van der Waals surface area contributed by atoms with Gasteiger partial charge in [-0.05, 0) is 68.1 Å². The second kappa shape index (κ2) is 12.5. The summed E-state index contributed by atoms with van der Waals surface area (Å²) in [6.45, 7) is 2.69. The number of halogens is 4. The maximum absolute atomic E-state index is 13.5. The Morgan fingerprint density at radius 1 is 1.07 bits per heavy atom. The minimum absolute atomic E-state index is 0.0545. The number of carbonyl (C=O) groups is 1. The molecule has 2 fully saturated rings. The SMILES string of the molecule is CN(c1ccc([N+](=O)[O-])c(C(F)(F)F)c1)C1CCC(OC(C=O)N2CCN(c3ccc4cc(Br)ccc4n3)CC2)CC1. The number of benzene rings is 2. The molecular weight excluding hydrogens is 619 g/mol. The Kier molecular flexibility index (Phi) is 9.00. The summed E-state index contributed by atoms with van der Waals surface area (Å²) >= 11 is 3.48. The maximum atomic E-state index is 13.5. The van der Waals surface area contributed by atoms with Crippen molar-refractivity contribution in [3.8, 4) is 0 Å². The molecule has 1 aliphatic heterocycles. The quantitative estimate of drug-likeness (QED) is 0.166. The molecule has 224 valence electrons. The third-order valence-electron chi connectivity index (χ3n) is 8.16. The summed E-state index contributed by atoms with van der Waals surface area (Å²) in [6, 6.07) is 13.1. The summed E-state index contributed by atoms with van der Waals surface area (Å²) in [7, 11) is 1.70. The minimum atomic E-state index is -4.83. The zero-order valence-corrected chi connectivity index (χ0v) is 24.6. The molecule has 0 spiro atoms. The molecule has 13 heteroatoms. The maximum Gasteiger partial charge on any atom is 0.423 e. The van der Waals surface area contributed by atoms with Gasteiger partial charge in [0.15, 0.2) is 12.5 Å². The number of rotatable bonds is 8. The van der Waals surface area contributed by atoms with Crippen molar-refractivity contribution in [3.05, 3.63) is 68.7 Å². The smallest absolute Gasteiger partial charge is 0.372 e. The average Bonchev–Trinajstić information content (AvgIpc) is 2.99. The number of alkyl halides is 3. The molecule has 1 aromatic heterocycles. The molecule has 1 atom stereocenters. The molecule has 1 unspecified atom stereocenters. The highest BCUT2D eigenvalue weighted by atomic mass is 79.9. The van der Waals surface area contributed by atoms with Crippen LogP contribution in [0.25, 0.3) is 10.9 Å². The molecule has 2 heterocycles. The standard InChI is InChI=1S/C29H31BrF3N5O4/c1-35(22-6-10-26(38(40)41)24(17-22)29(31,32)33)21-4-7-23(8-5-21)42-28(18-39)37-14-12-36(13-15-37)27-11-2-19-16-20(30)3-9-25(19)34-27/h2-3,6,9-11,16-18,21,23,28H,4-5,7-8,12-15H2,1H3. The van der Waals surface area contributed by atoms with Crippen molar-refractivity contribution >= 4 is 50.3 Å². The van der Waals surface area contributed by atoms with Gasteiger partial charge in [-0.3, -0.25) is 19.8 Å². The van der Waals surface area contributed by atoms with Crippen LogP contribution in [0.5, 0.6) is 0 Å². The largest absolute Gasteiger partial charge is 0.423 e. The Bertz CT molecular complexity index is 1440. The lowest BCUT2D eigenvalue weighted by Gasteiger charge is -2.40. The van der Waals surface area contributed by atoms with Gasteiger partial charge in [0.05, 0.1) is 16.5 Å². The third-order valence-corrected chi connectivity index (χ3v) is 8.66. The number of anilines is 2. The van der Waals surface area contributed by atoms with E-state index < -0.39 is 28.6 Å². The summed E-state index contributed by atoms with van der Waals surface area (Å²) in [5.41, 5.74) is -1.02. The number of nitrogens with zero attached hydrogens (tertiary/aromatic N) is 5. The number of piperazine rings is 1. The summed E-state index contributed by atoms with van der Waals surface area (Å²) < 4.78 is 47.6. The Morgan fingerprint density at radius 2 is 1.79 bits per heavy atom. The molecule has 1 saturated carbocycles. The van der Waals surface area contributed by atoms with E-state index in [1.165, 1.54) is 6.07 Å². The van der Waals surface area contributed by atoms with Gasteiger partial charge < -0.3 is 14.5 Å². The van der Waals surface area contributed by atoms with Gasteiger partial charge in [-0.25, -0.2) is 4.98 Å². The molecule has 0 bridgehead atoms. The van der Waals surface area contributed by atoms with Crippen molar-refractivity contribution in [1.29, 1.82) is 0 Å². The number of carbonyl (C=O) groups excluding carboxylic acids is 1. The lowest BCUT2D eigenvalue weighted by atomic mass is 9.91. The van der Waals surface area contributed by atoms with E-state index in [2.05, 4.69) is 26.9 Å². The fourth-order valence-corrected chi connectivity index (χ4v) is 6.16. The second-order valence-corrected chi connectivity index (χ2v) is 11.6. The minimum Gasteiger partial charge on any atom is -0.372 e. The van der Waals surface area contributed by atoms with Crippen molar-refractivity contribution in [3.63, 3.8) is 0 Å². The highest BCUT2D eigenvalue weighted by molar-refractivity contribution is 9.10. The monoisotopic (exact) mass is 649 g/mol. The number of pyridine rings is 1. The van der Waals surface area contributed by atoms with Gasteiger partial charge >= 0.3 is 6.18 Å². The van der Waals surface area contributed by atoms with Gasteiger partial charge in [-0.1, -0.05) is 15.9 Å². The third kappa shape index (κ3) is 6.68. The van der Waals surface area contributed by atoms with Crippen LogP contribution >= 0.6 is 15.9 Å². The molecule has 0 N–H and O–H groups in total. The molecule has 1 aliphatic carbocycles. The zero-order valence-electron chi connectivity index (χ0n) is 23.0. The van der Waals surface area contributed by atoms with Crippen LogP contribution in [-0.2, 0) is 15.7 Å². The van der Waals surface area contributed by atoms with Gasteiger partial charge in [-0.2, -0.15) is 13.2 Å². The number of aldehydes is 1. The number of nitro groups is 1. The Labute approximate surface area is 249 Å². The van der Waals surface area contributed by atoms with E-state index in [9.17, 15) is 28.1 Å². The number of aromatic nitrogens is 1. The Balaban J connectivity index is 1.14. The topological polar surface area (TPSA) is 92.0 Å². The number of hydrogen-bond acceptors (Lipinski definition) is 8. The highest BCUT2D eigenvalue weighted by Gasteiger charge is 2.39. The van der Waals surface area contributed by atoms with Crippen molar-refractivity contribution in [2.75, 3.05) is 43.0 Å². The molecule has 0 radical (unpaired) electrons.